The second-order valence-electron chi connectivity index (χ2n) is 5.28. The van der Waals surface area contributed by atoms with E-state index in [0.29, 0.717) is 24.9 Å². The highest BCUT2D eigenvalue weighted by atomic mass is 16.4. The lowest BCUT2D eigenvalue weighted by Gasteiger charge is -2.34. The van der Waals surface area contributed by atoms with Crippen LogP contribution in [-0.4, -0.2) is 34.0 Å². The summed E-state index contributed by atoms with van der Waals surface area (Å²) in [7, 11) is 0. The molecule has 1 aliphatic rings. The van der Waals surface area contributed by atoms with Crippen molar-refractivity contribution >= 4 is 11.9 Å². The number of nitrogens with zero attached hydrogens (tertiary/aromatic N) is 1. The summed E-state index contributed by atoms with van der Waals surface area (Å²) in [4.78, 5) is 24.8. The molecule has 1 atom stereocenters. The summed E-state index contributed by atoms with van der Waals surface area (Å²) in [5.74, 6) is -1.23. The summed E-state index contributed by atoms with van der Waals surface area (Å²) >= 11 is 0. The summed E-state index contributed by atoms with van der Waals surface area (Å²) in [6.07, 6.45) is 2.14. The second kappa shape index (κ2) is 5.63. The summed E-state index contributed by atoms with van der Waals surface area (Å²) in [5, 5.41) is 9.54. The zero-order valence-corrected chi connectivity index (χ0v) is 11.6. The summed E-state index contributed by atoms with van der Waals surface area (Å²) in [6, 6.07) is 7.08. The molecule has 1 fully saturated rings. The van der Waals surface area contributed by atoms with Crippen LogP contribution < -0.4 is 5.73 Å². The van der Waals surface area contributed by atoms with Crippen molar-refractivity contribution in [2.75, 3.05) is 6.54 Å². The highest BCUT2D eigenvalue weighted by molar-refractivity contribution is 5.92. The lowest BCUT2D eigenvalue weighted by molar-refractivity contribution is -0.150. The molecule has 0 radical (unpaired) electrons. The molecule has 20 heavy (non-hydrogen) atoms. The van der Waals surface area contributed by atoms with Crippen LogP contribution in [0.2, 0.25) is 0 Å². The van der Waals surface area contributed by atoms with Crippen molar-refractivity contribution in [3.8, 4) is 0 Å². The zero-order valence-electron chi connectivity index (χ0n) is 11.6. The number of primary amides is 1. The summed E-state index contributed by atoms with van der Waals surface area (Å²) < 4.78 is 0. The molecule has 5 heteroatoms. The van der Waals surface area contributed by atoms with Crippen molar-refractivity contribution < 1.29 is 14.7 Å². The third kappa shape index (κ3) is 2.54. The molecular weight excluding hydrogens is 256 g/mol. The maximum atomic E-state index is 11.6. The smallest absolute Gasteiger partial charge is 0.324 e. The van der Waals surface area contributed by atoms with Gasteiger partial charge in [-0.15, -0.1) is 0 Å². The molecule has 3 N–H and O–H groups in total. The van der Waals surface area contributed by atoms with Gasteiger partial charge in [0.2, 0.25) is 5.91 Å². The molecule has 0 bridgehead atoms. The van der Waals surface area contributed by atoms with E-state index in [1.54, 1.807) is 18.2 Å². The second-order valence-corrected chi connectivity index (χ2v) is 5.28. The lowest BCUT2D eigenvalue weighted by Crippen LogP contribution is -2.49. The van der Waals surface area contributed by atoms with Crippen LogP contribution >= 0.6 is 0 Å². The van der Waals surface area contributed by atoms with Crippen LogP contribution in [0.25, 0.3) is 0 Å². The third-order valence-electron chi connectivity index (χ3n) is 4.19. The fourth-order valence-electron chi connectivity index (χ4n) is 3.00. The van der Waals surface area contributed by atoms with Gasteiger partial charge in [-0.3, -0.25) is 14.5 Å². The Bertz CT molecular complexity index is 530. The lowest BCUT2D eigenvalue weighted by atomic mass is 9.92. The maximum Gasteiger partial charge on any atom is 0.324 e. The number of nitrogens with two attached hydrogens (primary N) is 1. The predicted molar refractivity (Wildman–Crippen MR) is 75.3 cm³/mol. The Kier molecular flexibility index (Phi) is 4.09. The predicted octanol–water partition coefficient (Wildman–Crippen LogP) is 1.61. The Labute approximate surface area is 118 Å². The monoisotopic (exact) mass is 276 g/mol. The van der Waals surface area contributed by atoms with E-state index >= 15 is 0 Å². The Morgan fingerprint density at radius 3 is 2.80 bits per heavy atom. The van der Waals surface area contributed by atoms with Crippen molar-refractivity contribution in [3.05, 3.63) is 35.4 Å². The SMILES string of the molecule is CCC1(C(=O)O)CCCN1Cc1cccc(C(N)=O)c1. The van der Waals surface area contributed by atoms with Gasteiger partial charge >= 0.3 is 5.97 Å². The highest BCUT2D eigenvalue weighted by Crippen LogP contribution is 2.34. The van der Waals surface area contributed by atoms with Gasteiger partial charge in [0.25, 0.3) is 0 Å². The molecule has 108 valence electrons. The number of rotatable bonds is 5. The van der Waals surface area contributed by atoms with Crippen molar-refractivity contribution in [2.45, 2.75) is 38.3 Å². The van der Waals surface area contributed by atoms with Crippen molar-refractivity contribution in [3.63, 3.8) is 0 Å². The van der Waals surface area contributed by atoms with E-state index in [1.165, 1.54) is 0 Å². The minimum Gasteiger partial charge on any atom is -0.480 e. The standard InChI is InChI=1S/C15H20N2O3/c1-2-15(14(19)20)7-4-8-17(15)10-11-5-3-6-12(9-11)13(16)18/h3,5-6,9H,2,4,7-8,10H2,1H3,(H2,16,18)(H,19,20). The molecule has 1 saturated heterocycles. The molecule has 1 aliphatic heterocycles. The molecule has 5 nitrogen and oxygen atoms in total. The average Bonchev–Trinajstić information content (AvgIpc) is 2.83. The van der Waals surface area contributed by atoms with Crippen LogP contribution in [0.1, 0.15) is 42.1 Å². The molecular formula is C15H20N2O3. The first-order valence-electron chi connectivity index (χ1n) is 6.87. The number of carbonyl (C=O) groups excluding carboxylic acids is 1. The van der Waals surface area contributed by atoms with Crippen molar-refractivity contribution in [1.82, 2.24) is 4.90 Å². The summed E-state index contributed by atoms with van der Waals surface area (Å²) in [6.45, 7) is 3.20. The van der Waals surface area contributed by atoms with E-state index < -0.39 is 17.4 Å². The van der Waals surface area contributed by atoms with Crippen molar-refractivity contribution in [2.24, 2.45) is 5.73 Å². The number of carbonyl (C=O) groups is 2. The van der Waals surface area contributed by atoms with E-state index in [0.717, 1.165) is 18.5 Å². The fourth-order valence-corrected chi connectivity index (χ4v) is 3.00. The largest absolute Gasteiger partial charge is 0.480 e. The maximum absolute atomic E-state index is 11.6. The molecule has 1 unspecified atom stereocenters. The van der Waals surface area contributed by atoms with E-state index in [9.17, 15) is 14.7 Å². The Balaban J connectivity index is 2.22. The summed E-state index contributed by atoms with van der Waals surface area (Å²) in [5.41, 5.74) is 5.87. The number of hydrogen-bond acceptors (Lipinski definition) is 3. The number of aliphatic carboxylic acids is 1. The zero-order chi connectivity index (χ0) is 14.8. The molecule has 0 spiro atoms. The first kappa shape index (κ1) is 14.5. The fraction of sp³-hybridized carbons (Fsp3) is 0.467. The van der Waals surface area contributed by atoms with Gasteiger partial charge in [-0.1, -0.05) is 19.1 Å². The topological polar surface area (TPSA) is 83.6 Å². The van der Waals surface area contributed by atoms with E-state index in [4.69, 9.17) is 5.73 Å². The number of carboxylic acid groups (broad SMARTS) is 1. The Hall–Kier alpha value is -1.88. The van der Waals surface area contributed by atoms with E-state index in [1.807, 2.05) is 17.9 Å². The Morgan fingerprint density at radius 1 is 1.45 bits per heavy atom. The van der Waals surface area contributed by atoms with Gasteiger partial charge < -0.3 is 10.8 Å². The number of benzene rings is 1. The van der Waals surface area contributed by atoms with Gasteiger partial charge in [0, 0.05) is 12.1 Å². The van der Waals surface area contributed by atoms with E-state index in [-0.39, 0.29) is 0 Å². The van der Waals surface area contributed by atoms with Gasteiger partial charge in [0.15, 0.2) is 0 Å². The molecule has 1 heterocycles. The number of likely N-dealkylation sites (tertiary alicyclic amines) is 1. The van der Waals surface area contributed by atoms with Crippen LogP contribution in [0, 0.1) is 0 Å². The molecule has 0 saturated carbocycles. The molecule has 1 amide bonds. The molecule has 1 aromatic rings. The van der Waals surface area contributed by atoms with Gasteiger partial charge in [-0.2, -0.15) is 0 Å². The van der Waals surface area contributed by atoms with Crippen LogP contribution in [0.5, 0.6) is 0 Å². The van der Waals surface area contributed by atoms with Gasteiger partial charge in [-0.05, 0) is 43.5 Å². The highest BCUT2D eigenvalue weighted by Gasteiger charge is 2.45. The normalized spacial score (nSPS) is 22.9. The molecule has 0 aliphatic carbocycles. The third-order valence-corrected chi connectivity index (χ3v) is 4.19. The van der Waals surface area contributed by atoms with Crippen LogP contribution in [0.4, 0.5) is 0 Å². The number of amides is 1. The van der Waals surface area contributed by atoms with Crippen LogP contribution in [0.15, 0.2) is 24.3 Å². The minimum atomic E-state index is -0.775. The quantitative estimate of drug-likeness (QED) is 0.856. The molecule has 1 aromatic carbocycles. The van der Waals surface area contributed by atoms with E-state index in [2.05, 4.69) is 0 Å². The van der Waals surface area contributed by atoms with Crippen LogP contribution in [0.3, 0.4) is 0 Å². The van der Waals surface area contributed by atoms with Gasteiger partial charge in [0.1, 0.15) is 5.54 Å². The Morgan fingerprint density at radius 2 is 2.20 bits per heavy atom. The van der Waals surface area contributed by atoms with Crippen LogP contribution in [-0.2, 0) is 11.3 Å². The van der Waals surface area contributed by atoms with Gasteiger partial charge in [-0.25, -0.2) is 0 Å². The molecule has 0 aromatic heterocycles. The average molecular weight is 276 g/mol. The number of hydrogen-bond donors (Lipinski definition) is 2. The first-order valence-corrected chi connectivity index (χ1v) is 6.87. The minimum absolute atomic E-state index is 0.458. The van der Waals surface area contributed by atoms with Crippen molar-refractivity contribution in [1.29, 1.82) is 0 Å². The van der Waals surface area contributed by atoms with Gasteiger partial charge in [0.05, 0.1) is 0 Å². The first-order chi connectivity index (χ1) is 9.49. The molecule has 2 rings (SSSR count). The number of carboxylic acids is 1.